The van der Waals surface area contributed by atoms with E-state index in [9.17, 15) is 9.59 Å². The number of ether oxygens (including phenoxy) is 5. The van der Waals surface area contributed by atoms with E-state index in [1.54, 1.807) is 64.6 Å². The molecule has 0 N–H and O–H groups in total. The summed E-state index contributed by atoms with van der Waals surface area (Å²) in [6.07, 6.45) is 3.43. The van der Waals surface area contributed by atoms with Gasteiger partial charge in [-0.2, -0.15) is 0 Å². The van der Waals surface area contributed by atoms with Crippen molar-refractivity contribution in [3.8, 4) is 17.2 Å². The first kappa shape index (κ1) is 25.7. The summed E-state index contributed by atoms with van der Waals surface area (Å²) in [6, 6.07) is 12.8. The van der Waals surface area contributed by atoms with Crippen LogP contribution in [0.15, 0.2) is 66.0 Å². The van der Waals surface area contributed by atoms with E-state index in [4.69, 9.17) is 23.7 Å². The monoisotopic (exact) mass is 481 g/mol. The van der Waals surface area contributed by atoms with Gasteiger partial charge in [0.1, 0.15) is 5.75 Å². The highest BCUT2D eigenvalue weighted by Gasteiger charge is 2.35. The Labute approximate surface area is 205 Å². The van der Waals surface area contributed by atoms with Crippen LogP contribution in [0.3, 0.4) is 0 Å². The molecule has 2 aromatic rings. The maximum Gasteiger partial charge on any atom is 0.336 e. The second-order valence-corrected chi connectivity index (χ2v) is 7.68. The Hall–Kier alpha value is -3.94. The third-order valence-electron chi connectivity index (χ3n) is 5.52. The van der Waals surface area contributed by atoms with Gasteiger partial charge in [0.2, 0.25) is 0 Å². The van der Waals surface area contributed by atoms with E-state index in [-0.39, 0.29) is 13.2 Å². The highest BCUT2D eigenvalue weighted by atomic mass is 16.5. The second-order valence-electron chi connectivity index (χ2n) is 7.68. The quantitative estimate of drug-likeness (QED) is 0.467. The molecule has 0 aliphatic carbocycles. The molecule has 0 saturated heterocycles. The van der Waals surface area contributed by atoms with Gasteiger partial charge in [-0.15, -0.1) is 0 Å². The van der Waals surface area contributed by atoms with E-state index in [0.29, 0.717) is 34.9 Å². The lowest BCUT2D eigenvalue weighted by Crippen LogP contribution is -2.29. The lowest BCUT2D eigenvalue weighted by Gasteiger charge is -2.30. The average Bonchev–Trinajstić information content (AvgIpc) is 2.88. The summed E-state index contributed by atoms with van der Waals surface area (Å²) in [6.45, 7) is 4.28. The van der Waals surface area contributed by atoms with Gasteiger partial charge in [-0.25, -0.2) is 9.59 Å². The van der Waals surface area contributed by atoms with Crippen LogP contribution in [-0.2, 0) is 25.6 Å². The van der Waals surface area contributed by atoms with Crippen molar-refractivity contribution in [3.05, 3.63) is 77.1 Å². The Balaban J connectivity index is 2.07. The predicted octanol–water partition coefficient (Wildman–Crippen LogP) is 4.21. The fourth-order valence-corrected chi connectivity index (χ4v) is 3.92. The Bertz CT molecular complexity index is 1070. The average molecular weight is 482 g/mol. The molecule has 1 aliphatic heterocycles. The van der Waals surface area contributed by atoms with Crippen molar-refractivity contribution in [2.75, 3.05) is 34.5 Å². The maximum atomic E-state index is 13.1. The van der Waals surface area contributed by atoms with Crippen molar-refractivity contribution >= 4 is 11.9 Å². The third kappa shape index (κ3) is 5.95. The molecule has 0 spiro atoms. The van der Waals surface area contributed by atoms with E-state index < -0.39 is 17.9 Å². The molecule has 0 unspecified atom stereocenters. The summed E-state index contributed by atoms with van der Waals surface area (Å²) in [4.78, 5) is 27.9. The molecule has 1 aliphatic rings. The summed E-state index contributed by atoms with van der Waals surface area (Å²) in [5.74, 6) is 0.215. The lowest BCUT2D eigenvalue weighted by atomic mass is 9.83. The van der Waals surface area contributed by atoms with Gasteiger partial charge in [-0.3, -0.25) is 0 Å². The fourth-order valence-electron chi connectivity index (χ4n) is 3.92. The highest BCUT2D eigenvalue weighted by molar-refractivity contribution is 5.98. The highest BCUT2D eigenvalue weighted by Crippen LogP contribution is 2.38. The van der Waals surface area contributed by atoms with Gasteiger partial charge in [0.05, 0.1) is 51.6 Å². The molecular formula is C27H31NO7. The minimum atomic E-state index is -0.652. The van der Waals surface area contributed by atoms with Crippen molar-refractivity contribution in [2.45, 2.75) is 26.3 Å². The largest absolute Gasteiger partial charge is 0.497 e. The summed E-state index contributed by atoms with van der Waals surface area (Å²) in [5.41, 5.74) is 2.31. The van der Waals surface area contributed by atoms with E-state index in [1.165, 1.54) is 0 Å². The van der Waals surface area contributed by atoms with Gasteiger partial charge < -0.3 is 28.6 Å². The van der Waals surface area contributed by atoms with Crippen LogP contribution >= 0.6 is 0 Å². The van der Waals surface area contributed by atoms with Crippen molar-refractivity contribution in [3.63, 3.8) is 0 Å². The topological polar surface area (TPSA) is 83.5 Å². The standard InChI is InChI=1S/C27H31NO7/c1-6-34-26(29)21-16-28(15-18-8-13-23(32-4)24(14-18)33-5)17-22(27(30)35-7-2)25(21)19-9-11-20(31-3)12-10-19/h8-14,16-17,25H,6-7,15H2,1-5H3. The maximum absolute atomic E-state index is 13.1. The molecular weight excluding hydrogens is 450 g/mol. The molecule has 186 valence electrons. The van der Waals surface area contributed by atoms with Crippen LogP contribution in [-0.4, -0.2) is 51.4 Å². The molecule has 0 saturated carbocycles. The lowest BCUT2D eigenvalue weighted by molar-refractivity contribution is -0.139. The fraction of sp³-hybridized carbons (Fsp3) is 0.333. The zero-order valence-corrected chi connectivity index (χ0v) is 20.7. The van der Waals surface area contributed by atoms with Crippen LogP contribution in [0.4, 0.5) is 0 Å². The molecule has 0 atom stereocenters. The van der Waals surface area contributed by atoms with Gasteiger partial charge in [0, 0.05) is 18.9 Å². The SMILES string of the molecule is CCOC(=O)C1=CN(Cc2ccc(OC)c(OC)c2)C=C(C(=O)OCC)C1c1ccc(OC)cc1. The first-order valence-electron chi connectivity index (χ1n) is 11.3. The number of hydrogen-bond acceptors (Lipinski definition) is 8. The number of methoxy groups -OCH3 is 3. The Morgan fingerprint density at radius 3 is 1.83 bits per heavy atom. The van der Waals surface area contributed by atoms with Crippen molar-refractivity contribution in [1.29, 1.82) is 0 Å². The number of rotatable bonds is 10. The first-order chi connectivity index (χ1) is 16.9. The molecule has 3 rings (SSSR count). The number of esters is 2. The van der Waals surface area contributed by atoms with Crippen molar-refractivity contribution in [2.24, 2.45) is 0 Å². The number of carbonyl (C=O) groups excluding carboxylic acids is 2. The third-order valence-corrected chi connectivity index (χ3v) is 5.52. The Kier molecular flexibility index (Phi) is 8.78. The molecule has 0 radical (unpaired) electrons. The summed E-state index contributed by atoms with van der Waals surface area (Å²) < 4.78 is 26.7. The number of carbonyl (C=O) groups is 2. The Morgan fingerprint density at radius 2 is 1.34 bits per heavy atom. The van der Waals surface area contributed by atoms with Crippen LogP contribution in [0.25, 0.3) is 0 Å². The van der Waals surface area contributed by atoms with Crippen LogP contribution in [0, 0.1) is 0 Å². The molecule has 0 bridgehead atoms. The molecule has 2 aromatic carbocycles. The van der Waals surface area contributed by atoms with Crippen LogP contribution < -0.4 is 14.2 Å². The van der Waals surface area contributed by atoms with Crippen LogP contribution in [0.5, 0.6) is 17.2 Å². The number of benzene rings is 2. The molecule has 0 fully saturated rings. The van der Waals surface area contributed by atoms with E-state index >= 15 is 0 Å². The second kappa shape index (κ2) is 12.0. The van der Waals surface area contributed by atoms with E-state index in [2.05, 4.69) is 0 Å². The minimum Gasteiger partial charge on any atom is -0.497 e. The van der Waals surface area contributed by atoms with Gasteiger partial charge >= 0.3 is 11.9 Å². The molecule has 0 aromatic heterocycles. The van der Waals surface area contributed by atoms with Crippen LogP contribution in [0.1, 0.15) is 30.9 Å². The number of hydrogen-bond donors (Lipinski definition) is 0. The summed E-state index contributed by atoms with van der Waals surface area (Å²) in [5, 5.41) is 0. The molecule has 35 heavy (non-hydrogen) atoms. The van der Waals surface area contributed by atoms with Crippen LogP contribution in [0.2, 0.25) is 0 Å². The normalized spacial score (nSPS) is 13.5. The molecule has 1 heterocycles. The first-order valence-corrected chi connectivity index (χ1v) is 11.3. The Morgan fingerprint density at radius 1 is 0.771 bits per heavy atom. The number of nitrogens with zero attached hydrogens (tertiary/aromatic N) is 1. The van der Waals surface area contributed by atoms with E-state index in [1.807, 2.05) is 30.3 Å². The van der Waals surface area contributed by atoms with Gasteiger partial charge in [-0.1, -0.05) is 18.2 Å². The van der Waals surface area contributed by atoms with Crippen molar-refractivity contribution in [1.82, 2.24) is 4.90 Å². The molecule has 0 amide bonds. The zero-order chi connectivity index (χ0) is 25.4. The predicted molar refractivity (Wildman–Crippen MR) is 130 cm³/mol. The zero-order valence-electron chi connectivity index (χ0n) is 20.7. The summed E-state index contributed by atoms with van der Waals surface area (Å²) in [7, 11) is 4.72. The smallest absolute Gasteiger partial charge is 0.336 e. The van der Waals surface area contributed by atoms with Gasteiger partial charge in [0.25, 0.3) is 0 Å². The minimum absolute atomic E-state index is 0.208. The van der Waals surface area contributed by atoms with Gasteiger partial charge in [0.15, 0.2) is 11.5 Å². The van der Waals surface area contributed by atoms with Gasteiger partial charge in [-0.05, 0) is 49.2 Å². The summed E-state index contributed by atoms with van der Waals surface area (Å²) >= 11 is 0. The van der Waals surface area contributed by atoms with E-state index in [0.717, 1.165) is 11.1 Å². The molecule has 8 nitrogen and oxygen atoms in total. The molecule has 8 heteroatoms. The van der Waals surface area contributed by atoms with Crippen molar-refractivity contribution < 1.29 is 33.3 Å².